The zero-order valence-corrected chi connectivity index (χ0v) is 8.77. The summed E-state index contributed by atoms with van der Waals surface area (Å²) in [7, 11) is 0. The molecule has 0 aliphatic carbocycles. The van der Waals surface area contributed by atoms with E-state index in [1.54, 1.807) is 18.3 Å². The van der Waals surface area contributed by atoms with Crippen LogP contribution in [0.3, 0.4) is 0 Å². The molecule has 6 heteroatoms. The maximum Gasteiger partial charge on any atom is 0.239 e. The second-order valence-electron chi connectivity index (χ2n) is 3.08. The van der Waals surface area contributed by atoms with Gasteiger partial charge in [-0.2, -0.15) is 0 Å². The van der Waals surface area contributed by atoms with Crippen LogP contribution in [0.5, 0.6) is 0 Å². The lowest BCUT2D eigenvalue weighted by Gasteiger charge is -2.05. The summed E-state index contributed by atoms with van der Waals surface area (Å²) in [5.41, 5.74) is 5.83. The highest BCUT2D eigenvalue weighted by Gasteiger charge is 2.03. The number of nitrogens with two attached hydrogens (primary N) is 1. The molecule has 0 saturated heterocycles. The SMILES string of the molecule is NCC(=O)NCC(=O)NCc1ccccn1. The number of nitrogens with one attached hydrogen (secondary N) is 2. The van der Waals surface area contributed by atoms with E-state index in [2.05, 4.69) is 15.6 Å². The van der Waals surface area contributed by atoms with Crippen molar-refractivity contribution >= 4 is 11.8 Å². The summed E-state index contributed by atoms with van der Waals surface area (Å²) in [4.78, 5) is 26.0. The highest BCUT2D eigenvalue weighted by atomic mass is 16.2. The van der Waals surface area contributed by atoms with Crippen LogP contribution in [0.1, 0.15) is 5.69 Å². The molecule has 0 aromatic carbocycles. The summed E-state index contributed by atoms with van der Waals surface area (Å²) in [6.45, 7) is 0.161. The van der Waals surface area contributed by atoms with Crippen LogP contribution in [0.4, 0.5) is 0 Å². The van der Waals surface area contributed by atoms with Crippen LogP contribution in [0.15, 0.2) is 24.4 Å². The monoisotopic (exact) mass is 222 g/mol. The average Bonchev–Trinajstić information content (AvgIpc) is 2.34. The Bertz CT molecular complexity index is 353. The molecule has 0 spiro atoms. The second-order valence-corrected chi connectivity index (χ2v) is 3.08. The van der Waals surface area contributed by atoms with Gasteiger partial charge in [0, 0.05) is 6.20 Å². The van der Waals surface area contributed by atoms with Crippen LogP contribution in [-0.4, -0.2) is 29.9 Å². The Morgan fingerprint density at radius 2 is 2.06 bits per heavy atom. The molecule has 0 unspecified atom stereocenters. The number of carbonyl (C=O) groups excluding carboxylic acids is 2. The van der Waals surface area contributed by atoms with E-state index in [1.807, 2.05) is 6.07 Å². The Morgan fingerprint density at radius 3 is 2.69 bits per heavy atom. The molecular weight excluding hydrogens is 208 g/mol. The van der Waals surface area contributed by atoms with Crippen molar-refractivity contribution < 1.29 is 9.59 Å². The quantitative estimate of drug-likeness (QED) is 0.581. The summed E-state index contributed by atoms with van der Waals surface area (Å²) < 4.78 is 0. The first-order chi connectivity index (χ1) is 7.72. The van der Waals surface area contributed by atoms with E-state index >= 15 is 0 Å². The minimum absolute atomic E-state index is 0.0666. The lowest BCUT2D eigenvalue weighted by molar-refractivity contribution is -0.125. The van der Waals surface area contributed by atoms with E-state index in [-0.39, 0.29) is 24.9 Å². The Hall–Kier alpha value is -1.95. The maximum absolute atomic E-state index is 11.2. The highest BCUT2D eigenvalue weighted by molar-refractivity contribution is 5.85. The predicted octanol–water partition coefficient (Wildman–Crippen LogP) is -1.23. The fourth-order valence-electron chi connectivity index (χ4n) is 1.01. The third-order valence-electron chi connectivity index (χ3n) is 1.82. The number of carbonyl (C=O) groups is 2. The van der Waals surface area contributed by atoms with Gasteiger partial charge in [-0.3, -0.25) is 14.6 Å². The number of hydrogen-bond donors (Lipinski definition) is 3. The smallest absolute Gasteiger partial charge is 0.239 e. The first-order valence-corrected chi connectivity index (χ1v) is 4.85. The van der Waals surface area contributed by atoms with E-state index in [9.17, 15) is 9.59 Å². The van der Waals surface area contributed by atoms with Gasteiger partial charge < -0.3 is 16.4 Å². The molecule has 0 saturated carbocycles. The van der Waals surface area contributed by atoms with Gasteiger partial charge in [-0.1, -0.05) is 6.07 Å². The number of nitrogens with zero attached hydrogens (tertiary/aromatic N) is 1. The first kappa shape index (κ1) is 12.1. The minimum Gasteiger partial charge on any atom is -0.349 e. The van der Waals surface area contributed by atoms with E-state index in [4.69, 9.17) is 5.73 Å². The lowest BCUT2D eigenvalue weighted by Crippen LogP contribution is -2.39. The Kier molecular flexibility index (Phi) is 4.94. The van der Waals surface area contributed by atoms with Gasteiger partial charge in [0.25, 0.3) is 0 Å². The van der Waals surface area contributed by atoms with Crippen molar-refractivity contribution in [3.05, 3.63) is 30.1 Å². The first-order valence-electron chi connectivity index (χ1n) is 4.85. The van der Waals surface area contributed by atoms with Gasteiger partial charge in [0.05, 0.1) is 25.3 Å². The molecule has 4 N–H and O–H groups in total. The molecule has 1 aromatic rings. The van der Waals surface area contributed by atoms with Crippen LogP contribution in [-0.2, 0) is 16.1 Å². The van der Waals surface area contributed by atoms with Crippen LogP contribution < -0.4 is 16.4 Å². The van der Waals surface area contributed by atoms with Crippen LogP contribution in [0, 0.1) is 0 Å². The number of pyridine rings is 1. The fourth-order valence-corrected chi connectivity index (χ4v) is 1.01. The molecule has 0 aliphatic heterocycles. The summed E-state index contributed by atoms with van der Waals surface area (Å²) in [6.07, 6.45) is 1.65. The van der Waals surface area contributed by atoms with Gasteiger partial charge in [0.1, 0.15) is 0 Å². The van der Waals surface area contributed by atoms with Gasteiger partial charge in [0.15, 0.2) is 0 Å². The molecule has 0 fully saturated rings. The minimum atomic E-state index is -0.354. The van der Waals surface area contributed by atoms with Crippen LogP contribution in [0.2, 0.25) is 0 Å². The maximum atomic E-state index is 11.2. The van der Waals surface area contributed by atoms with Crippen molar-refractivity contribution in [2.24, 2.45) is 5.73 Å². The molecule has 0 radical (unpaired) electrons. The van der Waals surface area contributed by atoms with E-state index in [1.165, 1.54) is 0 Å². The molecule has 2 amide bonds. The molecule has 0 aliphatic rings. The average molecular weight is 222 g/mol. The van der Waals surface area contributed by atoms with Crippen molar-refractivity contribution in [2.75, 3.05) is 13.1 Å². The number of aromatic nitrogens is 1. The van der Waals surface area contributed by atoms with Gasteiger partial charge in [-0.25, -0.2) is 0 Å². The Morgan fingerprint density at radius 1 is 1.25 bits per heavy atom. The highest BCUT2D eigenvalue weighted by Crippen LogP contribution is 1.91. The third-order valence-corrected chi connectivity index (χ3v) is 1.82. The van der Waals surface area contributed by atoms with Crippen molar-refractivity contribution in [2.45, 2.75) is 6.54 Å². The van der Waals surface area contributed by atoms with Crippen molar-refractivity contribution in [1.29, 1.82) is 0 Å². The molecule has 0 bridgehead atoms. The fraction of sp³-hybridized carbons (Fsp3) is 0.300. The van der Waals surface area contributed by atoms with Gasteiger partial charge in [0.2, 0.25) is 11.8 Å². The van der Waals surface area contributed by atoms with Crippen LogP contribution in [0.25, 0.3) is 0 Å². The predicted molar refractivity (Wildman–Crippen MR) is 58.1 cm³/mol. The largest absolute Gasteiger partial charge is 0.349 e. The van der Waals surface area contributed by atoms with Crippen LogP contribution >= 0.6 is 0 Å². The van der Waals surface area contributed by atoms with Gasteiger partial charge >= 0.3 is 0 Å². The standard InChI is InChI=1S/C10H14N4O2/c11-5-9(15)14-7-10(16)13-6-8-3-1-2-4-12-8/h1-4H,5-7,11H2,(H,13,16)(H,14,15). The summed E-state index contributed by atoms with van der Waals surface area (Å²) in [5, 5.41) is 4.99. The summed E-state index contributed by atoms with van der Waals surface area (Å²) >= 11 is 0. The Labute approximate surface area is 93.2 Å². The normalized spacial score (nSPS) is 9.56. The van der Waals surface area contributed by atoms with Crippen molar-refractivity contribution in [3.63, 3.8) is 0 Å². The third kappa shape index (κ3) is 4.52. The van der Waals surface area contributed by atoms with Crippen molar-refractivity contribution in [1.82, 2.24) is 15.6 Å². The van der Waals surface area contributed by atoms with Crippen molar-refractivity contribution in [3.8, 4) is 0 Å². The molecule has 86 valence electrons. The summed E-state index contributed by atoms with van der Waals surface area (Å²) in [6, 6.07) is 5.44. The molecule has 1 heterocycles. The second kappa shape index (κ2) is 6.52. The molecule has 6 nitrogen and oxygen atoms in total. The van der Waals surface area contributed by atoms with Gasteiger partial charge in [-0.15, -0.1) is 0 Å². The number of rotatable bonds is 5. The zero-order chi connectivity index (χ0) is 11.8. The topological polar surface area (TPSA) is 97.1 Å². The molecule has 16 heavy (non-hydrogen) atoms. The number of amides is 2. The molecular formula is C10H14N4O2. The summed E-state index contributed by atoms with van der Waals surface area (Å²) in [5.74, 6) is -0.625. The number of hydrogen-bond acceptors (Lipinski definition) is 4. The lowest BCUT2D eigenvalue weighted by atomic mass is 10.3. The van der Waals surface area contributed by atoms with E-state index in [0.717, 1.165) is 5.69 Å². The molecule has 0 atom stereocenters. The molecule has 1 aromatic heterocycles. The molecule has 1 rings (SSSR count). The zero-order valence-electron chi connectivity index (χ0n) is 8.77. The van der Waals surface area contributed by atoms with E-state index in [0.29, 0.717) is 6.54 Å². The Balaban J connectivity index is 2.23. The van der Waals surface area contributed by atoms with E-state index < -0.39 is 0 Å². The van der Waals surface area contributed by atoms with Gasteiger partial charge in [-0.05, 0) is 12.1 Å².